The predicted molar refractivity (Wildman–Crippen MR) is 84.6 cm³/mol. The van der Waals surface area contributed by atoms with Crippen molar-refractivity contribution < 1.29 is 0 Å². The summed E-state index contributed by atoms with van der Waals surface area (Å²) in [7, 11) is 2.02. The summed E-state index contributed by atoms with van der Waals surface area (Å²) in [5, 5.41) is 8.24. The fraction of sp³-hybridized carbons (Fsp3) is 0.824. The molecule has 20 heavy (non-hydrogen) atoms. The molecule has 1 N–H and O–H groups in total. The van der Waals surface area contributed by atoms with Gasteiger partial charge in [-0.15, -0.1) is 0 Å². The molecule has 1 aromatic rings. The van der Waals surface area contributed by atoms with Crippen LogP contribution >= 0.6 is 0 Å². The molecule has 2 rings (SSSR count). The largest absolute Gasteiger partial charge is 0.309 e. The van der Waals surface area contributed by atoms with Crippen molar-refractivity contribution in [3.63, 3.8) is 0 Å². The zero-order chi connectivity index (χ0) is 14.6. The highest BCUT2D eigenvalue weighted by atomic mass is 15.2. The summed E-state index contributed by atoms with van der Waals surface area (Å²) in [6.45, 7) is 8.07. The smallest absolute Gasteiger partial charge is 0.0537 e. The van der Waals surface area contributed by atoms with Crippen LogP contribution in [0.2, 0.25) is 0 Å². The van der Waals surface area contributed by atoms with E-state index in [2.05, 4.69) is 43.6 Å². The normalized spacial score (nSPS) is 19.6. The first-order valence-electron chi connectivity index (χ1n) is 8.29. The number of hydrogen-bond acceptors (Lipinski definition) is 2. The minimum absolute atomic E-state index is 0.437. The van der Waals surface area contributed by atoms with Gasteiger partial charge in [-0.2, -0.15) is 5.10 Å². The summed E-state index contributed by atoms with van der Waals surface area (Å²) >= 11 is 0. The molecule has 1 aliphatic rings. The van der Waals surface area contributed by atoms with Crippen LogP contribution in [0, 0.1) is 11.3 Å². The van der Waals surface area contributed by atoms with E-state index in [-0.39, 0.29) is 0 Å². The molecule has 3 nitrogen and oxygen atoms in total. The van der Waals surface area contributed by atoms with Crippen LogP contribution in [0.15, 0.2) is 12.4 Å². The number of hydrogen-bond donors (Lipinski definition) is 1. The van der Waals surface area contributed by atoms with E-state index < -0.39 is 0 Å². The Morgan fingerprint density at radius 1 is 1.35 bits per heavy atom. The number of rotatable bonds is 7. The Hall–Kier alpha value is -0.830. The van der Waals surface area contributed by atoms with Gasteiger partial charge in [-0.3, -0.25) is 4.68 Å². The average Bonchev–Trinajstić information content (AvgIpc) is 3.00. The Labute approximate surface area is 124 Å². The summed E-state index contributed by atoms with van der Waals surface area (Å²) in [5.41, 5.74) is 1.82. The topological polar surface area (TPSA) is 29.9 Å². The highest BCUT2D eigenvalue weighted by Crippen LogP contribution is 2.51. The molecule has 0 radical (unpaired) electrons. The van der Waals surface area contributed by atoms with Crippen molar-refractivity contribution in [3.05, 3.63) is 18.0 Å². The maximum absolute atomic E-state index is 4.40. The van der Waals surface area contributed by atoms with Crippen molar-refractivity contribution in [2.45, 2.75) is 65.3 Å². The molecular formula is C17H31N3. The van der Waals surface area contributed by atoms with E-state index in [0.717, 1.165) is 12.5 Å². The number of aryl methyl sites for hydroxylation is 1. The Bertz CT molecular complexity index is 402. The van der Waals surface area contributed by atoms with Crippen LogP contribution in [0.4, 0.5) is 0 Å². The van der Waals surface area contributed by atoms with Gasteiger partial charge in [-0.05, 0) is 43.6 Å². The lowest BCUT2D eigenvalue weighted by Gasteiger charge is -2.39. The first-order chi connectivity index (χ1) is 9.57. The van der Waals surface area contributed by atoms with Crippen LogP contribution in [0.25, 0.3) is 0 Å². The van der Waals surface area contributed by atoms with Crippen LogP contribution in [0.1, 0.15) is 70.9 Å². The van der Waals surface area contributed by atoms with Crippen LogP contribution in [0.5, 0.6) is 0 Å². The third-order valence-electron chi connectivity index (χ3n) is 4.68. The minimum atomic E-state index is 0.437. The molecule has 0 saturated heterocycles. The molecule has 1 unspecified atom stereocenters. The Morgan fingerprint density at radius 2 is 2.05 bits per heavy atom. The monoisotopic (exact) mass is 277 g/mol. The number of nitrogens with one attached hydrogen (secondary N) is 1. The number of nitrogens with zero attached hydrogens (tertiary/aromatic N) is 2. The van der Waals surface area contributed by atoms with Crippen molar-refractivity contribution in [2.24, 2.45) is 18.4 Å². The standard InChI is InChI=1S/C17H31N3/c1-5-10-18-16(15-12-19-20(4)13-15)17(11-14(2)3)8-6-7-9-17/h12-14,16,18H,5-11H2,1-4H3. The highest BCUT2D eigenvalue weighted by molar-refractivity contribution is 5.16. The molecular weight excluding hydrogens is 246 g/mol. The second-order valence-corrected chi connectivity index (χ2v) is 7.00. The molecule has 0 aliphatic heterocycles. The molecule has 1 fully saturated rings. The van der Waals surface area contributed by atoms with E-state index in [9.17, 15) is 0 Å². The van der Waals surface area contributed by atoms with E-state index >= 15 is 0 Å². The first kappa shape index (κ1) is 15.6. The van der Waals surface area contributed by atoms with E-state index in [1.807, 2.05) is 11.7 Å². The summed E-state index contributed by atoms with van der Waals surface area (Å²) in [4.78, 5) is 0. The maximum Gasteiger partial charge on any atom is 0.0537 e. The lowest BCUT2D eigenvalue weighted by molar-refractivity contribution is 0.155. The SMILES string of the molecule is CCCNC(c1cnn(C)c1)C1(CC(C)C)CCCC1. The zero-order valence-corrected chi connectivity index (χ0v) is 13.7. The zero-order valence-electron chi connectivity index (χ0n) is 13.7. The van der Waals surface area contributed by atoms with Crippen LogP contribution in [-0.2, 0) is 7.05 Å². The lowest BCUT2D eigenvalue weighted by atomic mass is 9.71. The molecule has 1 atom stereocenters. The fourth-order valence-corrected chi connectivity index (χ4v) is 4.07. The summed E-state index contributed by atoms with van der Waals surface area (Å²) in [6, 6.07) is 0.473. The molecule has 1 aliphatic carbocycles. The highest BCUT2D eigenvalue weighted by Gasteiger charge is 2.42. The fourth-order valence-electron chi connectivity index (χ4n) is 4.07. The van der Waals surface area contributed by atoms with Crippen molar-refractivity contribution in [1.29, 1.82) is 0 Å². The van der Waals surface area contributed by atoms with E-state index in [1.54, 1.807) is 0 Å². The maximum atomic E-state index is 4.40. The van der Waals surface area contributed by atoms with E-state index in [1.165, 1.54) is 44.1 Å². The molecule has 1 heterocycles. The second-order valence-electron chi connectivity index (χ2n) is 7.00. The molecule has 0 aromatic carbocycles. The molecule has 1 saturated carbocycles. The Morgan fingerprint density at radius 3 is 2.55 bits per heavy atom. The third kappa shape index (κ3) is 3.43. The van der Waals surface area contributed by atoms with Gasteiger partial charge >= 0.3 is 0 Å². The van der Waals surface area contributed by atoms with Gasteiger partial charge in [0.2, 0.25) is 0 Å². The van der Waals surface area contributed by atoms with Gasteiger partial charge in [0.05, 0.1) is 6.20 Å². The van der Waals surface area contributed by atoms with Crippen molar-refractivity contribution in [3.8, 4) is 0 Å². The predicted octanol–water partition coefficient (Wildman–Crippen LogP) is 4.07. The van der Waals surface area contributed by atoms with Gasteiger partial charge in [-0.1, -0.05) is 33.6 Å². The minimum Gasteiger partial charge on any atom is -0.309 e. The molecule has 0 bridgehead atoms. The van der Waals surface area contributed by atoms with Gasteiger partial charge in [-0.25, -0.2) is 0 Å². The molecule has 114 valence electrons. The number of aromatic nitrogens is 2. The van der Waals surface area contributed by atoms with E-state index in [4.69, 9.17) is 0 Å². The quantitative estimate of drug-likeness (QED) is 0.814. The van der Waals surface area contributed by atoms with Gasteiger partial charge in [0.25, 0.3) is 0 Å². The second kappa shape index (κ2) is 6.75. The summed E-state index contributed by atoms with van der Waals surface area (Å²) < 4.78 is 1.94. The Kier molecular flexibility index (Phi) is 5.25. The van der Waals surface area contributed by atoms with Gasteiger partial charge < -0.3 is 5.32 Å². The average molecular weight is 277 g/mol. The van der Waals surface area contributed by atoms with Crippen molar-refractivity contribution in [2.75, 3.05) is 6.54 Å². The molecule has 1 aromatic heterocycles. The van der Waals surface area contributed by atoms with Gasteiger partial charge in [0.1, 0.15) is 0 Å². The molecule has 0 amide bonds. The van der Waals surface area contributed by atoms with E-state index in [0.29, 0.717) is 11.5 Å². The van der Waals surface area contributed by atoms with Crippen LogP contribution in [0.3, 0.4) is 0 Å². The lowest BCUT2D eigenvalue weighted by Crippen LogP contribution is -2.37. The first-order valence-corrected chi connectivity index (χ1v) is 8.29. The van der Waals surface area contributed by atoms with Gasteiger partial charge in [0.15, 0.2) is 0 Å². The summed E-state index contributed by atoms with van der Waals surface area (Å²) in [5.74, 6) is 0.760. The van der Waals surface area contributed by atoms with Crippen molar-refractivity contribution >= 4 is 0 Å². The van der Waals surface area contributed by atoms with Crippen molar-refractivity contribution in [1.82, 2.24) is 15.1 Å². The molecule has 0 spiro atoms. The third-order valence-corrected chi connectivity index (χ3v) is 4.68. The Balaban J connectivity index is 2.26. The molecule has 3 heteroatoms. The van der Waals surface area contributed by atoms with Crippen LogP contribution in [-0.4, -0.2) is 16.3 Å². The van der Waals surface area contributed by atoms with Crippen LogP contribution < -0.4 is 5.32 Å². The summed E-state index contributed by atoms with van der Waals surface area (Å²) in [6.07, 6.45) is 12.3. The van der Waals surface area contributed by atoms with Gasteiger partial charge in [0, 0.05) is 24.8 Å².